The van der Waals surface area contributed by atoms with Crippen molar-refractivity contribution in [3.05, 3.63) is 66.2 Å². The zero-order valence-corrected chi connectivity index (χ0v) is 20.2. The minimum Gasteiger partial charge on any atom is -0.492 e. The van der Waals surface area contributed by atoms with Crippen molar-refractivity contribution >= 4 is 22.0 Å². The molecule has 0 saturated carbocycles. The molecular weight excluding hydrogens is 438 g/mol. The summed E-state index contributed by atoms with van der Waals surface area (Å²) < 4.78 is 32.3. The number of hydrogen-bond acceptors (Lipinski definition) is 5. The third-order valence-corrected chi connectivity index (χ3v) is 7.81. The van der Waals surface area contributed by atoms with Gasteiger partial charge in [-0.2, -0.15) is 4.31 Å². The molecule has 0 radical (unpaired) electrons. The molecule has 0 atom stereocenters. The molecule has 0 N–H and O–H groups in total. The topological polar surface area (TPSA) is 70.2 Å². The average molecular weight is 472 g/mol. The molecule has 7 nitrogen and oxygen atoms in total. The second kappa shape index (κ2) is 12.0. The van der Waals surface area contributed by atoms with Crippen molar-refractivity contribution in [3.63, 3.8) is 0 Å². The van der Waals surface area contributed by atoms with E-state index in [9.17, 15) is 13.2 Å². The van der Waals surface area contributed by atoms with E-state index in [-0.39, 0.29) is 10.8 Å². The van der Waals surface area contributed by atoms with E-state index in [4.69, 9.17) is 4.74 Å². The number of amides is 1. The molecular formula is C25H33N3O4S. The number of sulfonamides is 1. The largest absolute Gasteiger partial charge is 0.492 e. The highest BCUT2D eigenvalue weighted by molar-refractivity contribution is 7.89. The Kier molecular flexibility index (Phi) is 9.05. The van der Waals surface area contributed by atoms with Crippen molar-refractivity contribution in [1.82, 2.24) is 14.1 Å². The second-order valence-electron chi connectivity index (χ2n) is 7.82. The number of ether oxygens (including phenoxy) is 1. The molecule has 1 saturated heterocycles. The van der Waals surface area contributed by atoms with Crippen molar-refractivity contribution in [3.8, 4) is 5.75 Å². The van der Waals surface area contributed by atoms with Gasteiger partial charge < -0.3 is 9.64 Å². The lowest BCUT2D eigenvalue weighted by molar-refractivity contribution is -0.127. The lowest BCUT2D eigenvalue weighted by Gasteiger charge is -2.34. The quantitative estimate of drug-likeness (QED) is 0.499. The Labute approximate surface area is 197 Å². The lowest BCUT2D eigenvalue weighted by atomic mass is 10.2. The van der Waals surface area contributed by atoms with Gasteiger partial charge in [-0.1, -0.05) is 44.2 Å². The van der Waals surface area contributed by atoms with E-state index < -0.39 is 10.0 Å². The number of carbonyl (C=O) groups is 1. The Balaban J connectivity index is 1.45. The van der Waals surface area contributed by atoms with Gasteiger partial charge in [0.2, 0.25) is 15.9 Å². The maximum absolute atomic E-state index is 12.6. The van der Waals surface area contributed by atoms with Crippen LogP contribution in [-0.4, -0.2) is 80.9 Å². The van der Waals surface area contributed by atoms with Crippen LogP contribution < -0.4 is 4.74 Å². The number of rotatable bonds is 10. The summed E-state index contributed by atoms with van der Waals surface area (Å²) in [6.45, 7) is 8.94. The Morgan fingerprint density at radius 1 is 0.970 bits per heavy atom. The molecule has 1 heterocycles. The van der Waals surface area contributed by atoms with E-state index in [1.807, 2.05) is 49.1 Å². The van der Waals surface area contributed by atoms with Gasteiger partial charge in [-0.15, -0.1) is 0 Å². The number of nitrogens with zero attached hydrogens (tertiary/aromatic N) is 3. The zero-order chi connectivity index (χ0) is 23.7. The molecule has 8 heteroatoms. The summed E-state index contributed by atoms with van der Waals surface area (Å²) in [4.78, 5) is 17.0. The second-order valence-corrected chi connectivity index (χ2v) is 9.76. The maximum Gasteiger partial charge on any atom is 0.246 e. The van der Waals surface area contributed by atoms with Gasteiger partial charge in [-0.3, -0.25) is 9.69 Å². The van der Waals surface area contributed by atoms with Gasteiger partial charge in [0.1, 0.15) is 12.4 Å². The van der Waals surface area contributed by atoms with Gasteiger partial charge in [0.25, 0.3) is 0 Å². The number of benzene rings is 2. The van der Waals surface area contributed by atoms with E-state index >= 15 is 0 Å². The van der Waals surface area contributed by atoms with Crippen molar-refractivity contribution in [2.24, 2.45) is 0 Å². The first kappa shape index (κ1) is 25.0. The minimum absolute atomic E-state index is 0.0324. The van der Waals surface area contributed by atoms with Crippen LogP contribution in [0, 0.1) is 0 Å². The summed E-state index contributed by atoms with van der Waals surface area (Å²) in [7, 11) is -3.47. The smallest absolute Gasteiger partial charge is 0.246 e. The fraction of sp³-hybridized carbons (Fsp3) is 0.400. The van der Waals surface area contributed by atoms with Gasteiger partial charge >= 0.3 is 0 Å². The minimum atomic E-state index is -3.47. The third kappa shape index (κ3) is 6.90. The Hall–Kier alpha value is -2.68. The first-order valence-corrected chi connectivity index (χ1v) is 12.9. The summed E-state index contributed by atoms with van der Waals surface area (Å²) in [5, 5.41) is 0. The highest BCUT2D eigenvalue weighted by Crippen LogP contribution is 2.17. The van der Waals surface area contributed by atoms with E-state index in [2.05, 4.69) is 4.90 Å². The summed E-state index contributed by atoms with van der Waals surface area (Å²) in [6, 6.07) is 16.4. The van der Waals surface area contributed by atoms with Gasteiger partial charge in [-0.25, -0.2) is 8.42 Å². The van der Waals surface area contributed by atoms with E-state index in [1.165, 1.54) is 4.31 Å². The molecule has 0 unspecified atom stereocenters. The van der Waals surface area contributed by atoms with Crippen molar-refractivity contribution in [2.75, 3.05) is 52.4 Å². The summed E-state index contributed by atoms with van der Waals surface area (Å²) in [5.41, 5.74) is 0.790. The van der Waals surface area contributed by atoms with Crippen molar-refractivity contribution in [1.29, 1.82) is 0 Å². The molecule has 0 spiro atoms. The molecule has 0 bridgehead atoms. The molecule has 1 fully saturated rings. The van der Waals surface area contributed by atoms with Crippen LogP contribution in [0.4, 0.5) is 0 Å². The van der Waals surface area contributed by atoms with Crippen LogP contribution >= 0.6 is 0 Å². The predicted octanol–water partition coefficient (Wildman–Crippen LogP) is 2.95. The molecule has 0 aromatic heterocycles. The predicted molar refractivity (Wildman–Crippen MR) is 131 cm³/mol. The summed E-state index contributed by atoms with van der Waals surface area (Å²) >= 11 is 0. The molecule has 1 aliphatic heterocycles. The molecule has 0 aliphatic carbocycles. The van der Waals surface area contributed by atoms with Crippen LogP contribution in [0.2, 0.25) is 0 Å². The highest BCUT2D eigenvalue weighted by Gasteiger charge is 2.21. The molecule has 1 aliphatic rings. The fourth-order valence-corrected chi connectivity index (χ4v) is 5.20. The van der Waals surface area contributed by atoms with Crippen LogP contribution in [0.25, 0.3) is 6.08 Å². The summed E-state index contributed by atoms with van der Waals surface area (Å²) in [6.07, 6.45) is 3.29. The Bertz CT molecular complexity index is 1010. The average Bonchev–Trinajstić information content (AvgIpc) is 2.84. The fourth-order valence-electron chi connectivity index (χ4n) is 3.74. The highest BCUT2D eigenvalue weighted by atomic mass is 32.2. The SMILES string of the molecule is CCN(CC)S(=O)(=O)c1ccc(/C=C/C(=O)N2CCN(CCOc3ccccc3)CC2)cc1. The van der Waals surface area contributed by atoms with Gasteiger partial charge in [0.05, 0.1) is 4.90 Å². The number of hydrogen-bond donors (Lipinski definition) is 0. The van der Waals surface area contributed by atoms with Crippen LogP contribution in [0.3, 0.4) is 0 Å². The van der Waals surface area contributed by atoms with Gasteiger partial charge in [-0.05, 0) is 35.9 Å². The molecule has 2 aromatic carbocycles. The van der Waals surface area contributed by atoms with Crippen LogP contribution in [-0.2, 0) is 14.8 Å². The molecule has 33 heavy (non-hydrogen) atoms. The molecule has 178 valence electrons. The van der Waals surface area contributed by atoms with E-state index in [0.29, 0.717) is 32.8 Å². The monoisotopic (exact) mass is 471 g/mol. The van der Waals surface area contributed by atoms with Crippen molar-refractivity contribution in [2.45, 2.75) is 18.7 Å². The van der Waals surface area contributed by atoms with E-state index in [1.54, 1.807) is 36.4 Å². The van der Waals surface area contributed by atoms with Gasteiger partial charge in [0.15, 0.2) is 0 Å². The van der Waals surface area contributed by atoms with Gasteiger partial charge in [0, 0.05) is 51.9 Å². The first-order valence-electron chi connectivity index (χ1n) is 11.4. The Morgan fingerprint density at radius 2 is 1.61 bits per heavy atom. The summed E-state index contributed by atoms with van der Waals surface area (Å²) in [5.74, 6) is 0.838. The molecule has 3 rings (SSSR count). The normalized spacial score (nSPS) is 15.3. The molecule has 2 aromatic rings. The standard InChI is InChI=1S/C25H33N3O4S/c1-3-28(4-2)33(30,31)24-13-10-22(11-14-24)12-15-25(29)27-18-16-26(17-19-27)20-21-32-23-8-6-5-7-9-23/h5-15H,3-4,16-21H2,1-2H3/b15-12+. The zero-order valence-electron chi connectivity index (χ0n) is 19.4. The first-order chi connectivity index (χ1) is 15.9. The van der Waals surface area contributed by atoms with Crippen molar-refractivity contribution < 1.29 is 17.9 Å². The number of piperazine rings is 1. The lowest BCUT2D eigenvalue weighted by Crippen LogP contribution is -2.49. The van der Waals surface area contributed by atoms with Crippen LogP contribution in [0.5, 0.6) is 5.75 Å². The molecule has 1 amide bonds. The van der Waals surface area contributed by atoms with E-state index in [0.717, 1.165) is 30.9 Å². The number of carbonyl (C=O) groups excluding carboxylic acids is 1. The van der Waals surface area contributed by atoms with Crippen LogP contribution in [0.15, 0.2) is 65.6 Å². The maximum atomic E-state index is 12.6. The Morgan fingerprint density at radius 3 is 2.21 bits per heavy atom. The van der Waals surface area contributed by atoms with Crippen LogP contribution in [0.1, 0.15) is 19.4 Å². The third-order valence-electron chi connectivity index (χ3n) is 5.75. The number of para-hydroxylation sites is 1.